The van der Waals surface area contributed by atoms with Crippen LogP contribution in [0.3, 0.4) is 0 Å². The Hall–Kier alpha value is -1.03. The number of nitrogens with zero attached hydrogens (tertiary/aromatic N) is 2. The fourth-order valence-corrected chi connectivity index (χ4v) is 1.37. The molecule has 0 amide bonds. The lowest BCUT2D eigenvalue weighted by Crippen LogP contribution is -2.26. The van der Waals surface area contributed by atoms with Gasteiger partial charge in [-0.25, -0.2) is 0 Å². The third-order valence-corrected chi connectivity index (χ3v) is 2.06. The first-order valence-electron chi connectivity index (χ1n) is 4.69. The van der Waals surface area contributed by atoms with Crippen LogP contribution < -0.4 is 5.73 Å². The summed E-state index contributed by atoms with van der Waals surface area (Å²) >= 11 is 0. The Morgan fingerprint density at radius 1 is 1.46 bits per heavy atom. The molecule has 1 aliphatic heterocycles. The Bertz CT molecular complexity index is 270. The van der Waals surface area contributed by atoms with Crippen molar-refractivity contribution in [2.24, 2.45) is 0 Å². The molecular weight excluding hydrogens is 166 g/mol. The van der Waals surface area contributed by atoms with Crippen LogP contribution in [-0.2, 0) is 13.0 Å². The minimum Gasteiger partial charge on any atom is -0.367 e. The van der Waals surface area contributed by atoms with Crippen molar-refractivity contribution in [3.8, 4) is 0 Å². The van der Waals surface area contributed by atoms with Crippen molar-refractivity contribution in [3.05, 3.63) is 11.3 Å². The zero-order valence-corrected chi connectivity index (χ0v) is 8.50. The second-order valence-corrected chi connectivity index (χ2v) is 2.96. The van der Waals surface area contributed by atoms with E-state index in [4.69, 9.17) is 10.3 Å². The number of anilines is 1. The van der Waals surface area contributed by atoms with Crippen LogP contribution in [0.5, 0.6) is 0 Å². The normalized spacial score (nSPS) is 15.9. The second kappa shape index (κ2) is 4.28. The van der Waals surface area contributed by atoms with Gasteiger partial charge in [-0.05, 0) is 7.05 Å². The van der Waals surface area contributed by atoms with Crippen molar-refractivity contribution >= 4 is 5.88 Å². The summed E-state index contributed by atoms with van der Waals surface area (Å²) in [6.07, 6.45) is 0.951. The van der Waals surface area contributed by atoms with Gasteiger partial charge in [-0.3, -0.25) is 0 Å². The van der Waals surface area contributed by atoms with Gasteiger partial charge in [-0.15, -0.1) is 0 Å². The Labute approximate surface area is 78.7 Å². The van der Waals surface area contributed by atoms with Crippen LogP contribution >= 0.6 is 0 Å². The minimum absolute atomic E-state index is 0.478. The maximum Gasteiger partial charge on any atom is 0.226 e. The molecule has 0 unspecified atom stereocenters. The summed E-state index contributed by atoms with van der Waals surface area (Å²) in [5.74, 6) is 0.478. The van der Waals surface area contributed by atoms with Gasteiger partial charge >= 0.3 is 0 Å². The lowest BCUT2D eigenvalue weighted by Gasteiger charge is -2.20. The molecule has 0 saturated carbocycles. The van der Waals surface area contributed by atoms with Crippen LogP contribution in [-0.4, -0.2) is 23.6 Å². The lowest BCUT2D eigenvalue weighted by molar-refractivity contribution is 0.311. The molecule has 1 aromatic rings. The average Bonchev–Trinajstić information content (AvgIpc) is 2.52. The highest BCUT2D eigenvalue weighted by atomic mass is 16.5. The number of rotatable bonds is 0. The summed E-state index contributed by atoms with van der Waals surface area (Å²) in [7, 11) is 2.06. The molecule has 0 saturated heterocycles. The van der Waals surface area contributed by atoms with Gasteiger partial charge in [0.1, 0.15) is 0 Å². The summed E-state index contributed by atoms with van der Waals surface area (Å²) in [5.41, 5.74) is 7.66. The molecule has 0 bridgehead atoms. The molecule has 74 valence electrons. The minimum atomic E-state index is 0.478. The Balaban J connectivity index is 0.000000396. The molecule has 1 aliphatic rings. The highest BCUT2D eigenvalue weighted by Gasteiger charge is 2.19. The number of hydrogen-bond acceptors (Lipinski definition) is 4. The SMILES string of the molecule is CC.CN1CCc2noc(N)c2C1. The summed E-state index contributed by atoms with van der Waals surface area (Å²) in [4.78, 5) is 2.20. The highest BCUT2D eigenvalue weighted by molar-refractivity contribution is 5.39. The van der Waals surface area contributed by atoms with E-state index >= 15 is 0 Å². The first-order chi connectivity index (χ1) is 6.27. The number of hydrogen-bond donors (Lipinski definition) is 1. The van der Waals surface area contributed by atoms with Crippen LogP contribution in [0.25, 0.3) is 0 Å². The van der Waals surface area contributed by atoms with Gasteiger partial charge < -0.3 is 15.2 Å². The molecule has 0 radical (unpaired) electrons. The van der Waals surface area contributed by atoms with E-state index in [0.717, 1.165) is 30.8 Å². The topological polar surface area (TPSA) is 55.3 Å². The second-order valence-electron chi connectivity index (χ2n) is 2.96. The quantitative estimate of drug-likeness (QED) is 0.658. The van der Waals surface area contributed by atoms with E-state index in [9.17, 15) is 0 Å². The van der Waals surface area contributed by atoms with E-state index < -0.39 is 0 Å². The summed E-state index contributed by atoms with van der Waals surface area (Å²) in [6.45, 7) is 5.91. The van der Waals surface area contributed by atoms with E-state index in [-0.39, 0.29) is 0 Å². The monoisotopic (exact) mass is 183 g/mol. The zero-order chi connectivity index (χ0) is 9.84. The van der Waals surface area contributed by atoms with E-state index in [0.29, 0.717) is 5.88 Å². The van der Waals surface area contributed by atoms with Gasteiger partial charge in [0, 0.05) is 19.5 Å². The van der Waals surface area contributed by atoms with E-state index in [1.165, 1.54) is 0 Å². The molecule has 0 atom stereocenters. The van der Waals surface area contributed by atoms with Crippen molar-refractivity contribution in [1.82, 2.24) is 10.1 Å². The van der Waals surface area contributed by atoms with Gasteiger partial charge in [0.2, 0.25) is 5.88 Å². The number of aromatic nitrogens is 1. The smallest absolute Gasteiger partial charge is 0.226 e. The summed E-state index contributed by atoms with van der Waals surface area (Å²) in [6, 6.07) is 0. The molecular formula is C9H17N3O. The summed E-state index contributed by atoms with van der Waals surface area (Å²) < 4.78 is 4.87. The van der Waals surface area contributed by atoms with Gasteiger partial charge in [0.25, 0.3) is 0 Å². The van der Waals surface area contributed by atoms with Crippen molar-refractivity contribution in [1.29, 1.82) is 0 Å². The first-order valence-corrected chi connectivity index (χ1v) is 4.69. The number of nitrogen functional groups attached to an aromatic ring is 1. The average molecular weight is 183 g/mol. The van der Waals surface area contributed by atoms with Gasteiger partial charge in [-0.1, -0.05) is 19.0 Å². The van der Waals surface area contributed by atoms with Gasteiger partial charge in [0.05, 0.1) is 11.3 Å². The third kappa shape index (κ3) is 2.01. The molecule has 0 fully saturated rings. The van der Waals surface area contributed by atoms with E-state index in [1.54, 1.807) is 0 Å². The van der Waals surface area contributed by atoms with Crippen molar-refractivity contribution in [2.75, 3.05) is 19.3 Å². The molecule has 2 N–H and O–H groups in total. The fraction of sp³-hybridized carbons (Fsp3) is 0.667. The number of likely N-dealkylation sites (N-methyl/N-ethyl adjacent to an activating group) is 1. The van der Waals surface area contributed by atoms with E-state index in [1.807, 2.05) is 13.8 Å². The standard InChI is InChI=1S/C7H11N3O.C2H6/c1-10-3-2-6-5(4-10)7(8)11-9-6;1-2/h2-4,8H2,1H3;1-2H3. The molecule has 2 heterocycles. The molecule has 4 heteroatoms. The van der Waals surface area contributed by atoms with Crippen LogP contribution in [0, 0.1) is 0 Å². The Kier molecular flexibility index (Phi) is 3.31. The van der Waals surface area contributed by atoms with Crippen LogP contribution in [0.4, 0.5) is 5.88 Å². The Morgan fingerprint density at radius 2 is 2.15 bits per heavy atom. The maximum absolute atomic E-state index is 5.57. The summed E-state index contributed by atoms with van der Waals surface area (Å²) in [5, 5.41) is 3.86. The van der Waals surface area contributed by atoms with Crippen molar-refractivity contribution in [2.45, 2.75) is 26.8 Å². The zero-order valence-electron chi connectivity index (χ0n) is 8.50. The third-order valence-electron chi connectivity index (χ3n) is 2.06. The van der Waals surface area contributed by atoms with Crippen LogP contribution in [0.1, 0.15) is 25.1 Å². The van der Waals surface area contributed by atoms with E-state index in [2.05, 4.69) is 17.1 Å². The van der Waals surface area contributed by atoms with Crippen LogP contribution in [0.2, 0.25) is 0 Å². The number of nitrogens with two attached hydrogens (primary N) is 1. The predicted molar refractivity (Wildman–Crippen MR) is 52.3 cm³/mol. The maximum atomic E-state index is 5.57. The molecule has 2 rings (SSSR count). The fourth-order valence-electron chi connectivity index (χ4n) is 1.37. The predicted octanol–water partition coefficient (Wildman–Crippen LogP) is 1.27. The molecule has 0 spiro atoms. The molecule has 13 heavy (non-hydrogen) atoms. The lowest BCUT2D eigenvalue weighted by atomic mass is 10.1. The van der Waals surface area contributed by atoms with Crippen LogP contribution in [0.15, 0.2) is 4.52 Å². The first kappa shape index (κ1) is 10.1. The largest absolute Gasteiger partial charge is 0.367 e. The molecule has 0 aliphatic carbocycles. The van der Waals surface area contributed by atoms with Gasteiger partial charge in [-0.2, -0.15) is 0 Å². The van der Waals surface area contributed by atoms with Crippen molar-refractivity contribution in [3.63, 3.8) is 0 Å². The van der Waals surface area contributed by atoms with Gasteiger partial charge in [0.15, 0.2) is 0 Å². The van der Waals surface area contributed by atoms with Crippen molar-refractivity contribution < 1.29 is 4.52 Å². The molecule has 4 nitrogen and oxygen atoms in total. The highest BCUT2D eigenvalue weighted by Crippen LogP contribution is 2.22. The molecule has 0 aromatic carbocycles. The molecule has 1 aromatic heterocycles. The number of fused-ring (bicyclic) bond motifs is 1. The Morgan fingerprint density at radius 3 is 2.85 bits per heavy atom.